The van der Waals surface area contributed by atoms with Crippen LogP contribution in [0, 0.1) is 20.8 Å². The van der Waals surface area contributed by atoms with Crippen molar-refractivity contribution < 1.29 is 9.53 Å². The van der Waals surface area contributed by atoms with Crippen LogP contribution in [0.15, 0.2) is 30.6 Å². The summed E-state index contributed by atoms with van der Waals surface area (Å²) < 4.78 is 5.40. The van der Waals surface area contributed by atoms with E-state index in [0.29, 0.717) is 17.9 Å². The number of rotatable bonds is 4. The molecule has 0 saturated carbocycles. The third kappa shape index (κ3) is 2.87. The predicted octanol–water partition coefficient (Wildman–Crippen LogP) is 3.64. The zero-order chi connectivity index (χ0) is 14.7. The Morgan fingerprint density at radius 1 is 1.10 bits per heavy atom. The maximum absolute atomic E-state index is 12.7. The molecule has 0 aliphatic heterocycles. The third-order valence-electron chi connectivity index (χ3n) is 3.19. The highest BCUT2D eigenvalue weighted by Crippen LogP contribution is 2.21. The molecule has 0 aliphatic rings. The summed E-state index contributed by atoms with van der Waals surface area (Å²) in [5.41, 5.74) is 4.47. The van der Waals surface area contributed by atoms with Gasteiger partial charge < -0.3 is 4.74 Å². The molecule has 0 unspecified atom stereocenters. The van der Waals surface area contributed by atoms with Gasteiger partial charge in [0.2, 0.25) is 0 Å². The smallest absolute Gasteiger partial charge is 0.195 e. The molecule has 0 radical (unpaired) electrons. The van der Waals surface area contributed by atoms with Crippen LogP contribution in [-0.4, -0.2) is 17.4 Å². The molecule has 0 aliphatic carbocycles. The largest absolute Gasteiger partial charge is 0.492 e. The number of ether oxygens (including phenoxy) is 1. The van der Waals surface area contributed by atoms with Gasteiger partial charge in [0.05, 0.1) is 12.8 Å². The van der Waals surface area contributed by atoms with Crippen molar-refractivity contribution >= 4 is 5.78 Å². The number of nitrogens with zero attached hydrogens (tertiary/aromatic N) is 1. The molecule has 1 aromatic carbocycles. The van der Waals surface area contributed by atoms with Crippen molar-refractivity contribution in [1.29, 1.82) is 0 Å². The van der Waals surface area contributed by atoms with Crippen molar-refractivity contribution in [2.75, 3.05) is 6.61 Å². The standard InChI is InChI=1S/C17H19NO2/c1-5-20-15-8-14(9-18-10-15)17(19)16-12(3)6-11(2)7-13(16)4/h6-10H,5H2,1-4H3. The lowest BCUT2D eigenvalue weighted by atomic mass is 9.94. The van der Waals surface area contributed by atoms with E-state index in [-0.39, 0.29) is 5.78 Å². The van der Waals surface area contributed by atoms with E-state index in [1.807, 2.05) is 39.8 Å². The van der Waals surface area contributed by atoms with Crippen LogP contribution in [0.5, 0.6) is 5.75 Å². The van der Waals surface area contributed by atoms with Crippen LogP contribution in [-0.2, 0) is 0 Å². The molecule has 3 heteroatoms. The Balaban J connectivity index is 2.44. The maximum atomic E-state index is 12.7. The molecule has 0 saturated heterocycles. The number of pyridine rings is 1. The van der Waals surface area contributed by atoms with Gasteiger partial charge in [-0.15, -0.1) is 0 Å². The predicted molar refractivity (Wildman–Crippen MR) is 79.5 cm³/mol. The Morgan fingerprint density at radius 3 is 2.35 bits per heavy atom. The zero-order valence-corrected chi connectivity index (χ0v) is 12.4. The summed E-state index contributed by atoms with van der Waals surface area (Å²) in [6.07, 6.45) is 3.21. The minimum atomic E-state index is -0.00551. The molecular weight excluding hydrogens is 250 g/mol. The maximum Gasteiger partial charge on any atom is 0.195 e. The minimum absolute atomic E-state index is 0.00551. The van der Waals surface area contributed by atoms with Gasteiger partial charge in [0.15, 0.2) is 5.78 Å². The molecule has 0 spiro atoms. The zero-order valence-electron chi connectivity index (χ0n) is 12.4. The van der Waals surface area contributed by atoms with E-state index in [1.165, 1.54) is 0 Å². The summed E-state index contributed by atoms with van der Waals surface area (Å²) in [6.45, 7) is 8.43. The van der Waals surface area contributed by atoms with E-state index in [9.17, 15) is 4.79 Å². The first-order valence-corrected chi connectivity index (χ1v) is 6.73. The Labute approximate surface area is 119 Å². The fourth-order valence-corrected chi connectivity index (χ4v) is 2.47. The van der Waals surface area contributed by atoms with Gasteiger partial charge in [-0.05, 0) is 44.9 Å². The third-order valence-corrected chi connectivity index (χ3v) is 3.19. The molecule has 2 rings (SSSR count). The van der Waals surface area contributed by atoms with Crippen LogP contribution in [0.25, 0.3) is 0 Å². The number of aromatic nitrogens is 1. The number of ketones is 1. The molecule has 1 heterocycles. The van der Waals surface area contributed by atoms with Gasteiger partial charge in [0.25, 0.3) is 0 Å². The molecule has 20 heavy (non-hydrogen) atoms. The quantitative estimate of drug-likeness (QED) is 0.795. The van der Waals surface area contributed by atoms with E-state index in [1.54, 1.807) is 18.5 Å². The van der Waals surface area contributed by atoms with Gasteiger partial charge in [0.1, 0.15) is 5.75 Å². The van der Waals surface area contributed by atoms with E-state index in [2.05, 4.69) is 4.98 Å². The Morgan fingerprint density at radius 2 is 1.75 bits per heavy atom. The van der Waals surface area contributed by atoms with Crippen molar-refractivity contribution in [2.24, 2.45) is 0 Å². The van der Waals surface area contributed by atoms with Crippen molar-refractivity contribution in [3.05, 3.63) is 58.4 Å². The van der Waals surface area contributed by atoms with Crippen molar-refractivity contribution in [3.8, 4) is 5.75 Å². The van der Waals surface area contributed by atoms with Gasteiger partial charge in [-0.1, -0.05) is 17.7 Å². The van der Waals surface area contributed by atoms with Crippen LogP contribution in [0.3, 0.4) is 0 Å². The van der Waals surface area contributed by atoms with Crippen LogP contribution in [0.2, 0.25) is 0 Å². The molecule has 3 nitrogen and oxygen atoms in total. The second kappa shape index (κ2) is 5.87. The highest BCUT2D eigenvalue weighted by molar-refractivity contribution is 6.10. The average Bonchev–Trinajstić information content (AvgIpc) is 2.38. The number of carbonyl (C=O) groups excluding carboxylic acids is 1. The van der Waals surface area contributed by atoms with Gasteiger partial charge >= 0.3 is 0 Å². The molecule has 104 valence electrons. The first kappa shape index (κ1) is 14.3. The highest BCUT2D eigenvalue weighted by Gasteiger charge is 2.16. The van der Waals surface area contributed by atoms with Crippen molar-refractivity contribution in [1.82, 2.24) is 4.98 Å². The SMILES string of the molecule is CCOc1cncc(C(=O)c2c(C)cc(C)cc2C)c1. The molecule has 0 atom stereocenters. The number of hydrogen-bond donors (Lipinski definition) is 0. The summed E-state index contributed by atoms with van der Waals surface area (Å²) in [5, 5.41) is 0. The van der Waals surface area contributed by atoms with E-state index in [4.69, 9.17) is 4.74 Å². The van der Waals surface area contributed by atoms with Crippen LogP contribution in [0.1, 0.15) is 39.5 Å². The fourth-order valence-electron chi connectivity index (χ4n) is 2.47. The first-order chi connectivity index (χ1) is 9.52. The minimum Gasteiger partial charge on any atom is -0.492 e. The summed E-state index contributed by atoms with van der Waals surface area (Å²) in [5.74, 6) is 0.620. The second-order valence-corrected chi connectivity index (χ2v) is 4.95. The summed E-state index contributed by atoms with van der Waals surface area (Å²) in [7, 11) is 0. The Kier molecular flexibility index (Phi) is 4.18. The molecule has 0 N–H and O–H groups in total. The molecule has 0 amide bonds. The topological polar surface area (TPSA) is 39.2 Å². The van der Waals surface area contributed by atoms with Crippen LogP contribution >= 0.6 is 0 Å². The molecule has 1 aromatic heterocycles. The lowest BCUT2D eigenvalue weighted by Crippen LogP contribution is -2.07. The summed E-state index contributed by atoms with van der Waals surface area (Å²) >= 11 is 0. The van der Waals surface area contributed by atoms with E-state index < -0.39 is 0 Å². The van der Waals surface area contributed by atoms with Crippen LogP contribution in [0.4, 0.5) is 0 Å². The van der Waals surface area contributed by atoms with Gasteiger partial charge in [0, 0.05) is 17.3 Å². The highest BCUT2D eigenvalue weighted by atomic mass is 16.5. The fraction of sp³-hybridized carbons (Fsp3) is 0.294. The van der Waals surface area contributed by atoms with Gasteiger partial charge in [-0.3, -0.25) is 9.78 Å². The molecule has 0 fully saturated rings. The lowest BCUT2D eigenvalue weighted by Gasteiger charge is -2.11. The molecule has 2 aromatic rings. The summed E-state index contributed by atoms with van der Waals surface area (Å²) in [6, 6.07) is 5.80. The second-order valence-electron chi connectivity index (χ2n) is 4.95. The van der Waals surface area contributed by atoms with Gasteiger partial charge in [-0.2, -0.15) is 0 Å². The normalized spacial score (nSPS) is 10.4. The Hall–Kier alpha value is -2.16. The molecule has 0 bridgehead atoms. The van der Waals surface area contributed by atoms with Crippen molar-refractivity contribution in [3.63, 3.8) is 0 Å². The summed E-state index contributed by atoms with van der Waals surface area (Å²) in [4.78, 5) is 16.7. The number of hydrogen-bond acceptors (Lipinski definition) is 3. The Bertz CT molecular complexity index is 624. The monoisotopic (exact) mass is 269 g/mol. The number of aryl methyl sites for hydroxylation is 3. The van der Waals surface area contributed by atoms with Crippen molar-refractivity contribution in [2.45, 2.75) is 27.7 Å². The molecular formula is C17H19NO2. The van der Waals surface area contributed by atoms with Crippen LogP contribution < -0.4 is 4.74 Å². The van der Waals surface area contributed by atoms with E-state index >= 15 is 0 Å². The lowest BCUT2D eigenvalue weighted by molar-refractivity contribution is 0.103. The number of benzene rings is 1. The first-order valence-electron chi connectivity index (χ1n) is 6.73. The average molecular weight is 269 g/mol. The van der Waals surface area contributed by atoms with Gasteiger partial charge in [-0.25, -0.2) is 0 Å². The number of carbonyl (C=O) groups is 1. The van der Waals surface area contributed by atoms with E-state index in [0.717, 1.165) is 22.3 Å².